The molecule has 0 saturated carbocycles. The van der Waals surface area contributed by atoms with Crippen LogP contribution in [0.3, 0.4) is 0 Å². The molecule has 90 valence electrons. The van der Waals surface area contributed by atoms with E-state index in [1.807, 2.05) is 13.8 Å². The lowest BCUT2D eigenvalue weighted by Crippen LogP contribution is -2.38. The first-order valence-corrected chi connectivity index (χ1v) is 5.28. The van der Waals surface area contributed by atoms with Gasteiger partial charge in [-0.2, -0.15) is 0 Å². The van der Waals surface area contributed by atoms with Gasteiger partial charge in [0.05, 0.1) is 19.3 Å². The molecular formula is C10H22N2O3. The Morgan fingerprint density at radius 2 is 2.20 bits per heavy atom. The lowest BCUT2D eigenvalue weighted by atomic mass is 10.4. The summed E-state index contributed by atoms with van der Waals surface area (Å²) in [5.74, 6) is -0.0178. The van der Waals surface area contributed by atoms with Gasteiger partial charge in [-0.25, -0.2) is 0 Å². The largest absolute Gasteiger partial charge is 0.383 e. The highest BCUT2D eigenvalue weighted by Crippen LogP contribution is 1.86. The number of nitrogens with one attached hydrogen (secondary N) is 2. The minimum atomic E-state index is -0.0178. The van der Waals surface area contributed by atoms with Crippen LogP contribution in [0.5, 0.6) is 0 Å². The summed E-state index contributed by atoms with van der Waals surface area (Å²) >= 11 is 0. The maximum Gasteiger partial charge on any atom is 0.234 e. The second-order valence-corrected chi connectivity index (χ2v) is 3.24. The maximum atomic E-state index is 11.2. The van der Waals surface area contributed by atoms with Crippen LogP contribution in [0.25, 0.3) is 0 Å². The Bertz CT molecular complexity index is 165. The predicted molar refractivity (Wildman–Crippen MR) is 58.8 cm³/mol. The van der Waals surface area contributed by atoms with Crippen LogP contribution in [0.2, 0.25) is 0 Å². The van der Waals surface area contributed by atoms with Gasteiger partial charge in [0, 0.05) is 26.8 Å². The van der Waals surface area contributed by atoms with Gasteiger partial charge in [-0.05, 0) is 13.8 Å². The molecule has 0 spiro atoms. The minimum Gasteiger partial charge on any atom is -0.383 e. The fourth-order valence-corrected chi connectivity index (χ4v) is 1.09. The van der Waals surface area contributed by atoms with Crippen molar-refractivity contribution in [2.45, 2.75) is 20.0 Å². The molecule has 0 aliphatic heterocycles. The summed E-state index contributed by atoms with van der Waals surface area (Å²) in [6.07, 6.45) is 0.141. The summed E-state index contributed by atoms with van der Waals surface area (Å²) in [4.78, 5) is 11.2. The predicted octanol–water partition coefficient (Wildman–Crippen LogP) is -0.236. The van der Waals surface area contributed by atoms with E-state index >= 15 is 0 Å². The van der Waals surface area contributed by atoms with Crippen LogP contribution in [0.15, 0.2) is 0 Å². The Labute approximate surface area is 91.5 Å². The smallest absolute Gasteiger partial charge is 0.234 e. The van der Waals surface area contributed by atoms with Crippen molar-refractivity contribution < 1.29 is 14.3 Å². The van der Waals surface area contributed by atoms with Gasteiger partial charge in [0.25, 0.3) is 0 Å². The third kappa shape index (κ3) is 9.65. The Morgan fingerprint density at radius 3 is 2.80 bits per heavy atom. The van der Waals surface area contributed by atoms with Crippen LogP contribution in [-0.4, -0.2) is 52.0 Å². The molecule has 1 atom stereocenters. The van der Waals surface area contributed by atoms with Crippen LogP contribution in [-0.2, 0) is 14.3 Å². The maximum absolute atomic E-state index is 11.2. The molecule has 0 aliphatic rings. The Kier molecular flexibility index (Phi) is 9.46. The highest BCUT2D eigenvalue weighted by molar-refractivity contribution is 5.77. The molecule has 5 heteroatoms. The van der Waals surface area contributed by atoms with E-state index in [0.717, 1.165) is 0 Å². The van der Waals surface area contributed by atoms with E-state index in [1.165, 1.54) is 0 Å². The van der Waals surface area contributed by atoms with E-state index in [0.29, 0.717) is 32.8 Å². The van der Waals surface area contributed by atoms with Crippen molar-refractivity contribution in [2.24, 2.45) is 0 Å². The summed E-state index contributed by atoms with van der Waals surface area (Å²) < 4.78 is 10.1. The van der Waals surface area contributed by atoms with Gasteiger partial charge in [0.15, 0.2) is 0 Å². The van der Waals surface area contributed by atoms with Crippen LogP contribution < -0.4 is 10.6 Å². The molecule has 0 fully saturated rings. The lowest BCUT2D eigenvalue weighted by Gasteiger charge is -2.12. The van der Waals surface area contributed by atoms with Gasteiger partial charge < -0.3 is 20.1 Å². The van der Waals surface area contributed by atoms with Crippen LogP contribution in [0, 0.1) is 0 Å². The van der Waals surface area contributed by atoms with Crippen LogP contribution in [0.1, 0.15) is 13.8 Å². The van der Waals surface area contributed by atoms with Gasteiger partial charge in [0.2, 0.25) is 5.91 Å². The molecule has 0 radical (unpaired) electrons. The molecule has 0 saturated heterocycles. The first kappa shape index (κ1) is 14.3. The Morgan fingerprint density at radius 1 is 1.47 bits per heavy atom. The average molecular weight is 218 g/mol. The van der Waals surface area contributed by atoms with Crippen molar-refractivity contribution in [1.29, 1.82) is 0 Å². The van der Waals surface area contributed by atoms with Crippen molar-refractivity contribution in [3.05, 3.63) is 0 Å². The first-order chi connectivity index (χ1) is 7.20. The molecule has 1 amide bonds. The number of methoxy groups -OCH3 is 1. The van der Waals surface area contributed by atoms with E-state index in [4.69, 9.17) is 9.47 Å². The van der Waals surface area contributed by atoms with E-state index in [9.17, 15) is 4.79 Å². The third-order valence-corrected chi connectivity index (χ3v) is 1.80. The van der Waals surface area contributed by atoms with Gasteiger partial charge >= 0.3 is 0 Å². The number of carbonyl (C=O) groups excluding carboxylic acids is 1. The molecule has 0 rings (SSSR count). The summed E-state index contributed by atoms with van der Waals surface area (Å²) in [6.45, 7) is 6.72. The molecule has 15 heavy (non-hydrogen) atoms. The number of rotatable bonds is 9. The molecular weight excluding hydrogens is 196 g/mol. The fraction of sp³-hybridized carbons (Fsp3) is 0.900. The quantitative estimate of drug-likeness (QED) is 0.525. The van der Waals surface area contributed by atoms with Gasteiger partial charge in [-0.3, -0.25) is 4.79 Å². The monoisotopic (exact) mass is 218 g/mol. The molecule has 0 aromatic heterocycles. The van der Waals surface area contributed by atoms with Gasteiger partial charge in [-0.1, -0.05) is 0 Å². The zero-order chi connectivity index (χ0) is 11.5. The normalized spacial score (nSPS) is 12.5. The molecule has 0 bridgehead atoms. The van der Waals surface area contributed by atoms with E-state index in [2.05, 4.69) is 10.6 Å². The molecule has 2 N–H and O–H groups in total. The van der Waals surface area contributed by atoms with Crippen molar-refractivity contribution in [3.8, 4) is 0 Å². The van der Waals surface area contributed by atoms with Crippen molar-refractivity contribution in [3.63, 3.8) is 0 Å². The van der Waals surface area contributed by atoms with E-state index in [1.54, 1.807) is 7.11 Å². The molecule has 0 heterocycles. The summed E-state index contributed by atoms with van der Waals surface area (Å²) in [5.41, 5.74) is 0. The second kappa shape index (κ2) is 9.89. The molecule has 0 aromatic carbocycles. The van der Waals surface area contributed by atoms with Crippen molar-refractivity contribution >= 4 is 5.91 Å². The number of carbonyl (C=O) groups is 1. The topological polar surface area (TPSA) is 59.6 Å². The second-order valence-electron chi connectivity index (χ2n) is 3.24. The zero-order valence-corrected chi connectivity index (χ0v) is 9.84. The molecule has 1 unspecified atom stereocenters. The van der Waals surface area contributed by atoms with E-state index in [-0.39, 0.29) is 12.0 Å². The third-order valence-electron chi connectivity index (χ3n) is 1.80. The molecule has 0 aliphatic carbocycles. The molecule has 0 aromatic rings. The Hall–Kier alpha value is -0.650. The number of hydrogen-bond acceptors (Lipinski definition) is 4. The number of amides is 1. The fourth-order valence-electron chi connectivity index (χ4n) is 1.09. The van der Waals surface area contributed by atoms with Gasteiger partial charge in [0.1, 0.15) is 0 Å². The standard InChI is InChI=1S/C10H22N2O3/c1-4-15-9(2)7-11-8-10(13)12-5-6-14-3/h9,11H,4-8H2,1-3H3,(H,12,13). The summed E-state index contributed by atoms with van der Waals surface area (Å²) in [7, 11) is 1.61. The highest BCUT2D eigenvalue weighted by Gasteiger charge is 2.02. The summed E-state index contributed by atoms with van der Waals surface area (Å²) in [6, 6.07) is 0. The van der Waals surface area contributed by atoms with Crippen LogP contribution in [0.4, 0.5) is 0 Å². The Balaban J connectivity index is 3.30. The average Bonchev–Trinajstić information content (AvgIpc) is 2.18. The SMILES string of the molecule is CCOC(C)CNCC(=O)NCCOC. The van der Waals surface area contributed by atoms with Gasteiger partial charge in [-0.15, -0.1) is 0 Å². The first-order valence-electron chi connectivity index (χ1n) is 5.28. The van der Waals surface area contributed by atoms with Crippen LogP contribution >= 0.6 is 0 Å². The zero-order valence-electron chi connectivity index (χ0n) is 9.84. The number of hydrogen-bond donors (Lipinski definition) is 2. The van der Waals surface area contributed by atoms with E-state index < -0.39 is 0 Å². The van der Waals surface area contributed by atoms with Crippen molar-refractivity contribution in [2.75, 3.05) is 40.0 Å². The summed E-state index contributed by atoms with van der Waals surface area (Å²) in [5, 5.41) is 5.74. The highest BCUT2D eigenvalue weighted by atomic mass is 16.5. The molecule has 5 nitrogen and oxygen atoms in total. The minimum absolute atomic E-state index is 0.0178. The van der Waals surface area contributed by atoms with Crippen molar-refractivity contribution in [1.82, 2.24) is 10.6 Å². The number of ether oxygens (including phenoxy) is 2. The lowest BCUT2D eigenvalue weighted by molar-refractivity contribution is -0.120.